The van der Waals surface area contributed by atoms with E-state index < -0.39 is 12.0 Å². The molecule has 2 N–H and O–H groups in total. The third-order valence-electron chi connectivity index (χ3n) is 2.50. The smallest absolute Gasteiger partial charge is 0.327 e. The van der Waals surface area contributed by atoms with E-state index in [2.05, 4.69) is 11.2 Å². The number of hydrogen-bond acceptors (Lipinski definition) is 3. The fourth-order valence-corrected chi connectivity index (χ4v) is 2.71. The molecule has 5 nitrogen and oxygen atoms in total. The fraction of sp³-hybridized carbons (Fsp3) is 0.636. The van der Waals surface area contributed by atoms with Gasteiger partial charge in [-0.1, -0.05) is 19.3 Å². The minimum atomic E-state index is -0.974. The van der Waals surface area contributed by atoms with Crippen molar-refractivity contribution >= 4 is 23.8 Å². The number of carboxylic acids is 1. The van der Waals surface area contributed by atoms with Crippen molar-refractivity contribution in [3.8, 4) is 12.3 Å². The molecule has 0 spiro atoms. The predicted molar refractivity (Wildman–Crippen MR) is 66.6 cm³/mol. The third kappa shape index (κ3) is 3.56. The molecule has 1 aliphatic heterocycles. The Hall–Kier alpha value is -1.35. The molecule has 0 aromatic carbocycles. The second-order valence-corrected chi connectivity index (χ2v) is 4.78. The maximum Gasteiger partial charge on any atom is 0.327 e. The number of nitrogens with one attached hydrogen (secondary N) is 1. The Morgan fingerprint density at radius 1 is 1.71 bits per heavy atom. The first-order valence-corrected chi connectivity index (χ1v) is 6.59. The van der Waals surface area contributed by atoms with E-state index in [1.165, 1.54) is 16.7 Å². The van der Waals surface area contributed by atoms with E-state index in [0.717, 1.165) is 6.42 Å². The monoisotopic (exact) mass is 256 g/mol. The molecule has 0 aromatic heterocycles. The Morgan fingerprint density at radius 3 is 2.94 bits per heavy atom. The molecule has 6 heteroatoms. The number of hydrogen-bond donors (Lipinski definition) is 2. The van der Waals surface area contributed by atoms with Crippen molar-refractivity contribution in [1.29, 1.82) is 0 Å². The van der Waals surface area contributed by atoms with Crippen LogP contribution >= 0.6 is 11.8 Å². The summed E-state index contributed by atoms with van der Waals surface area (Å²) < 4.78 is 0. The van der Waals surface area contributed by atoms with Crippen LogP contribution in [0.5, 0.6) is 0 Å². The first kappa shape index (κ1) is 13.7. The first-order valence-electron chi connectivity index (χ1n) is 5.44. The van der Waals surface area contributed by atoms with Gasteiger partial charge in [-0.3, -0.25) is 0 Å². The van der Waals surface area contributed by atoms with Gasteiger partial charge in [-0.2, -0.15) is 0 Å². The molecule has 0 radical (unpaired) electrons. The molecular weight excluding hydrogens is 240 g/mol. The zero-order valence-electron chi connectivity index (χ0n) is 9.68. The Balaban J connectivity index is 2.57. The molecule has 1 rings (SSSR count). The van der Waals surface area contributed by atoms with Crippen LogP contribution in [0.1, 0.15) is 19.8 Å². The minimum absolute atomic E-state index is 0.326. The van der Waals surface area contributed by atoms with Gasteiger partial charge in [-0.05, 0) is 6.42 Å². The number of urea groups is 1. The SMILES string of the molecule is C#CC(CCC)NC(=O)N1CSC[C@H]1C(=O)O. The van der Waals surface area contributed by atoms with E-state index in [4.69, 9.17) is 11.5 Å². The number of thioether (sulfide) groups is 1. The van der Waals surface area contributed by atoms with Crippen LogP contribution in [0, 0.1) is 12.3 Å². The fourth-order valence-electron chi connectivity index (χ4n) is 1.57. The Bertz CT molecular complexity index is 340. The highest BCUT2D eigenvalue weighted by Gasteiger charge is 2.34. The summed E-state index contributed by atoms with van der Waals surface area (Å²) in [6, 6.07) is -1.47. The lowest BCUT2D eigenvalue weighted by Crippen LogP contribution is -2.49. The third-order valence-corrected chi connectivity index (χ3v) is 3.52. The number of aliphatic carboxylic acids is 1. The standard InChI is InChI=1S/C11H16N2O3S/c1-3-5-8(4-2)12-11(16)13-7-17-6-9(13)10(14)15/h2,8-9H,3,5-7H2,1H3,(H,12,16)(H,14,15)/t8?,9-/m0/s1. The highest BCUT2D eigenvalue weighted by molar-refractivity contribution is 7.99. The quantitative estimate of drug-likeness (QED) is 0.735. The number of rotatable bonds is 4. The number of carbonyl (C=O) groups excluding carboxylic acids is 1. The molecule has 2 atom stereocenters. The lowest BCUT2D eigenvalue weighted by atomic mass is 10.2. The van der Waals surface area contributed by atoms with E-state index in [-0.39, 0.29) is 12.1 Å². The van der Waals surface area contributed by atoms with Gasteiger partial charge in [0, 0.05) is 5.75 Å². The second kappa shape index (κ2) is 6.40. The van der Waals surface area contributed by atoms with Gasteiger partial charge in [0.25, 0.3) is 0 Å². The average Bonchev–Trinajstić information content (AvgIpc) is 2.77. The topological polar surface area (TPSA) is 69.6 Å². The summed E-state index contributed by atoms with van der Waals surface area (Å²) in [4.78, 5) is 24.1. The van der Waals surface area contributed by atoms with Crippen molar-refractivity contribution in [2.24, 2.45) is 0 Å². The Kier molecular flexibility index (Phi) is 5.16. The van der Waals surface area contributed by atoms with Gasteiger partial charge in [-0.25, -0.2) is 9.59 Å². The van der Waals surface area contributed by atoms with Crippen LogP contribution in [0.15, 0.2) is 0 Å². The summed E-state index contributed by atoms with van der Waals surface area (Å²) in [7, 11) is 0. The molecule has 1 unspecified atom stereocenters. The lowest BCUT2D eigenvalue weighted by Gasteiger charge is -2.23. The van der Waals surface area contributed by atoms with Crippen molar-refractivity contribution < 1.29 is 14.7 Å². The van der Waals surface area contributed by atoms with Crippen LogP contribution in [-0.4, -0.2) is 45.7 Å². The largest absolute Gasteiger partial charge is 0.480 e. The summed E-state index contributed by atoms with van der Waals surface area (Å²) in [5, 5.41) is 11.6. The second-order valence-electron chi connectivity index (χ2n) is 3.78. The summed E-state index contributed by atoms with van der Waals surface area (Å²) >= 11 is 1.43. The van der Waals surface area contributed by atoms with E-state index in [9.17, 15) is 9.59 Å². The van der Waals surface area contributed by atoms with E-state index >= 15 is 0 Å². The summed E-state index contributed by atoms with van der Waals surface area (Å²) in [6.45, 7) is 1.97. The van der Waals surface area contributed by atoms with E-state index in [0.29, 0.717) is 18.1 Å². The van der Waals surface area contributed by atoms with Gasteiger partial charge < -0.3 is 15.3 Å². The predicted octanol–water partition coefficient (Wildman–Crippen LogP) is 0.957. The van der Waals surface area contributed by atoms with Gasteiger partial charge in [-0.15, -0.1) is 18.2 Å². The maximum atomic E-state index is 11.8. The first-order chi connectivity index (χ1) is 8.10. The summed E-state index contributed by atoms with van der Waals surface area (Å²) in [5.41, 5.74) is 0. The normalized spacial score (nSPS) is 20.7. The number of amides is 2. The summed E-state index contributed by atoms with van der Waals surface area (Å²) in [5.74, 6) is 2.34. The molecule has 0 aliphatic carbocycles. The highest BCUT2D eigenvalue weighted by Crippen LogP contribution is 2.21. The van der Waals surface area contributed by atoms with Crippen LogP contribution in [0.25, 0.3) is 0 Å². The Morgan fingerprint density at radius 2 is 2.41 bits per heavy atom. The molecule has 94 valence electrons. The van der Waals surface area contributed by atoms with Crippen LogP contribution in [0.4, 0.5) is 4.79 Å². The van der Waals surface area contributed by atoms with Gasteiger partial charge in [0.1, 0.15) is 6.04 Å². The number of terminal acetylenes is 1. The van der Waals surface area contributed by atoms with Crippen molar-refractivity contribution in [3.05, 3.63) is 0 Å². The molecule has 17 heavy (non-hydrogen) atoms. The lowest BCUT2D eigenvalue weighted by molar-refractivity contribution is -0.140. The average molecular weight is 256 g/mol. The Labute approximate surface area is 105 Å². The van der Waals surface area contributed by atoms with Crippen molar-refractivity contribution in [2.75, 3.05) is 11.6 Å². The van der Waals surface area contributed by atoms with Crippen LogP contribution in [-0.2, 0) is 4.79 Å². The van der Waals surface area contributed by atoms with Gasteiger partial charge >= 0.3 is 12.0 Å². The van der Waals surface area contributed by atoms with E-state index in [1.54, 1.807) is 0 Å². The number of carboxylic acid groups (broad SMARTS) is 1. The zero-order valence-corrected chi connectivity index (χ0v) is 10.5. The molecule has 0 bridgehead atoms. The van der Waals surface area contributed by atoms with Gasteiger partial charge in [0.15, 0.2) is 0 Å². The van der Waals surface area contributed by atoms with Crippen LogP contribution < -0.4 is 5.32 Å². The van der Waals surface area contributed by atoms with E-state index in [1.807, 2.05) is 6.92 Å². The molecule has 1 heterocycles. The molecule has 1 fully saturated rings. The molecular formula is C11H16N2O3S. The van der Waals surface area contributed by atoms with Crippen LogP contribution in [0.3, 0.4) is 0 Å². The highest BCUT2D eigenvalue weighted by atomic mass is 32.2. The summed E-state index contributed by atoms with van der Waals surface area (Å²) in [6.07, 6.45) is 6.86. The number of nitrogens with zero attached hydrogens (tertiary/aromatic N) is 1. The molecule has 1 aliphatic rings. The van der Waals surface area contributed by atoms with Crippen LogP contribution in [0.2, 0.25) is 0 Å². The number of carbonyl (C=O) groups is 2. The van der Waals surface area contributed by atoms with Gasteiger partial charge in [0.2, 0.25) is 0 Å². The minimum Gasteiger partial charge on any atom is -0.480 e. The molecule has 0 saturated carbocycles. The molecule has 0 aromatic rings. The van der Waals surface area contributed by atoms with Crippen molar-refractivity contribution in [3.63, 3.8) is 0 Å². The molecule has 1 saturated heterocycles. The van der Waals surface area contributed by atoms with Crippen molar-refractivity contribution in [2.45, 2.75) is 31.8 Å². The molecule has 2 amide bonds. The van der Waals surface area contributed by atoms with Gasteiger partial charge in [0.05, 0.1) is 11.9 Å². The zero-order chi connectivity index (χ0) is 12.8. The van der Waals surface area contributed by atoms with Crippen molar-refractivity contribution in [1.82, 2.24) is 10.2 Å². The maximum absolute atomic E-state index is 11.8.